The van der Waals surface area contributed by atoms with E-state index in [2.05, 4.69) is 30.0 Å². The minimum Gasteiger partial charge on any atom is -0.508 e. The number of phenolic OH excluding ortho intramolecular Hbond substituents is 1. The van der Waals surface area contributed by atoms with Crippen molar-refractivity contribution >= 4 is 24.0 Å². The molecule has 3 rings (SSSR count). The van der Waals surface area contributed by atoms with Gasteiger partial charge in [0, 0.05) is 24.2 Å². The van der Waals surface area contributed by atoms with E-state index in [0.29, 0.717) is 11.8 Å². The Bertz CT molecular complexity index is 687. The Morgan fingerprint density at radius 1 is 1.13 bits per heavy atom. The molecule has 0 unspecified atom stereocenters. The van der Waals surface area contributed by atoms with Gasteiger partial charge in [-0.2, -0.15) is 0 Å². The SMILES string of the molecule is Cc1cc(CC[C@@H](C)N2Cc3ccc(Cl)cc3C2)ccc1O.Cl. The predicted octanol–water partition coefficient (Wildman–Crippen LogP) is 5.11. The van der Waals surface area contributed by atoms with Crippen LogP contribution in [0.2, 0.25) is 5.02 Å². The third-order valence-electron chi connectivity index (χ3n) is 4.65. The first-order chi connectivity index (χ1) is 10.5. The van der Waals surface area contributed by atoms with Gasteiger partial charge in [-0.3, -0.25) is 4.90 Å². The van der Waals surface area contributed by atoms with Crippen molar-refractivity contribution in [3.05, 3.63) is 63.7 Å². The quantitative estimate of drug-likeness (QED) is 0.826. The monoisotopic (exact) mass is 351 g/mol. The van der Waals surface area contributed by atoms with Crippen LogP contribution in [0.3, 0.4) is 0 Å². The standard InChI is InChI=1S/C19H22ClNO.ClH/c1-13-9-15(5-8-19(13)22)4-3-14(2)21-11-16-6-7-18(20)10-17(16)12-21;/h5-10,14,22H,3-4,11-12H2,1-2H3;1H/t14-;/m1./s1. The van der Waals surface area contributed by atoms with Gasteiger partial charge in [0.1, 0.15) is 5.75 Å². The Labute approximate surface area is 149 Å². The number of rotatable bonds is 4. The highest BCUT2D eigenvalue weighted by Gasteiger charge is 2.23. The number of benzene rings is 2. The van der Waals surface area contributed by atoms with Crippen molar-refractivity contribution in [2.45, 2.75) is 45.8 Å². The first-order valence-electron chi connectivity index (χ1n) is 7.83. The summed E-state index contributed by atoms with van der Waals surface area (Å²) in [5, 5.41) is 10.4. The molecule has 1 heterocycles. The second-order valence-corrected chi connectivity index (χ2v) is 6.76. The van der Waals surface area contributed by atoms with Crippen molar-refractivity contribution in [2.75, 3.05) is 0 Å². The van der Waals surface area contributed by atoms with E-state index in [1.54, 1.807) is 6.07 Å². The largest absolute Gasteiger partial charge is 0.508 e. The zero-order valence-corrected chi connectivity index (χ0v) is 15.1. The Morgan fingerprint density at radius 2 is 1.87 bits per heavy atom. The average molecular weight is 352 g/mol. The van der Waals surface area contributed by atoms with Crippen LogP contribution in [0.4, 0.5) is 0 Å². The summed E-state index contributed by atoms with van der Waals surface area (Å²) in [7, 11) is 0. The van der Waals surface area contributed by atoms with Gasteiger partial charge in [-0.1, -0.05) is 29.8 Å². The number of halogens is 2. The molecule has 2 nitrogen and oxygen atoms in total. The lowest BCUT2D eigenvalue weighted by Gasteiger charge is -2.23. The van der Waals surface area contributed by atoms with Crippen LogP contribution in [0.25, 0.3) is 0 Å². The van der Waals surface area contributed by atoms with Crippen LogP contribution in [0.5, 0.6) is 5.75 Å². The fourth-order valence-corrected chi connectivity index (χ4v) is 3.33. The lowest BCUT2D eigenvalue weighted by molar-refractivity contribution is 0.203. The van der Waals surface area contributed by atoms with E-state index in [1.807, 2.05) is 19.1 Å². The molecule has 0 radical (unpaired) electrons. The summed E-state index contributed by atoms with van der Waals surface area (Å²) < 4.78 is 0. The van der Waals surface area contributed by atoms with Gasteiger partial charge in [-0.05, 0) is 67.1 Å². The molecule has 0 saturated carbocycles. The molecule has 0 aliphatic carbocycles. The lowest BCUT2D eigenvalue weighted by atomic mass is 10.0. The van der Waals surface area contributed by atoms with E-state index in [9.17, 15) is 5.11 Å². The summed E-state index contributed by atoms with van der Waals surface area (Å²) in [4.78, 5) is 2.51. The van der Waals surface area contributed by atoms with E-state index in [4.69, 9.17) is 11.6 Å². The third kappa shape index (κ3) is 4.20. The fraction of sp³-hybridized carbons (Fsp3) is 0.368. The maximum absolute atomic E-state index is 9.60. The minimum absolute atomic E-state index is 0. The molecule has 23 heavy (non-hydrogen) atoms. The van der Waals surface area contributed by atoms with Crippen LogP contribution in [0, 0.1) is 6.92 Å². The van der Waals surface area contributed by atoms with Gasteiger partial charge in [-0.15, -0.1) is 12.4 Å². The van der Waals surface area contributed by atoms with Gasteiger partial charge in [-0.25, -0.2) is 0 Å². The summed E-state index contributed by atoms with van der Waals surface area (Å²) in [5.74, 6) is 0.378. The highest BCUT2D eigenvalue weighted by atomic mass is 35.5. The molecule has 2 aromatic rings. The molecule has 1 aliphatic rings. The Morgan fingerprint density at radius 3 is 2.61 bits per heavy atom. The first kappa shape index (κ1) is 18.1. The number of phenols is 1. The van der Waals surface area contributed by atoms with E-state index < -0.39 is 0 Å². The number of fused-ring (bicyclic) bond motifs is 1. The molecule has 2 aromatic carbocycles. The molecule has 0 aromatic heterocycles. The van der Waals surface area contributed by atoms with Crippen LogP contribution in [-0.2, 0) is 19.5 Å². The second kappa shape index (κ2) is 7.57. The summed E-state index contributed by atoms with van der Waals surface area (Å²) in [5.41, 5.74) is 5.01. The van der Waals surface area contributed by atoms with Crippen LogP contribution < -0.4 is 0 Å². The van der Waals surface area contributed by atoms with Gasteiger partial charge >= 0.3 is 0 Å². The summed E-state index contributed by atoms with van der Waals surface area (Å²) >= 11 is 6.08. The molecule has 1 N–H and O–H groups in total. The Kier molecular flexibility index (Phi) is 5.96. The van der Waals surface area contributed by atoms with E-state index in [1.165, 1.54) is 16.7 Å². The molecule has 4 heteroatoms. The van der Waals surface area contributed by atoms with Gasteiger partial charge in [0.2, 0.25) is 0 Å². The van der Waals surface area contributed by atoms with Crippen molar-refractivity contribution in [3.63, 3.8) is 0 Å². The zero-order chi connectivity index (χ0) is 15.7. The van der Waals surface area contributed by atoms with Crippen molar-refractivity contribution in [2.24, 2.45) is 0 Å². The number of hydrogen-bond donors (Lipinski definition) is 1. The molecular weight excluding hydrogens is 329 g/mol. The number of hydrogen-bond acceptors (Lipinski definition) is 2. The topological polar surface area (TPSA) is 23.5 Å². The Balaban J connectivity index is 0.00000192. The maximum atomic E-state index is 9.60. The van der Waals surface area contributed by atoms with Crippen LogP contribution in [0.15, 0.2) is 36.4 Å². The average Bonchev–Trinajstić information content (AvgIpc) is 2.91. The van der Waals surface area contributed by atoms with Gasteiger partial charge < -0.3 is 5.11 Å². The van der Waals surface area contributed by atoms with Crippen LogP contribution in [0.1, 0.15) is 35.6 Å². The second-order valence-electron chi connectivity index (χ2n) is 6.33. The van der Waals surface area contributed by atoms with Crippen molar-refractivity contribution in [3.8, 4) is 5.75 Å². The highest BCUT2D eigenvalue weighted by Crippen LogP contribution is 2.28. The smallest absolute Gasteiger partial charge is 0.118 e. The highest BCUT2D eigenvalue weighted by molar-refractivity contribution is 6.30. The normalized spacial score (nSPS) is 15.1. The summed E-state index contributed by atoms with van der Waals surface area (Å²) in [6.07, 6.45) is 2.15. The first-order valence-corrected chi connectivity index (χ1v) is 8.20. The molecule has 124 valence electrons. The minimum atomic E-state index is 0. The van der Waals surface area contributed by atoms with E-state index in [0.717, 1.165) is 36.5 Å². The maximum Gasteiger partial charge on any atom is 0.118 e. The summed E-state index contributed by atoms with van der Waals surface area (Å²) in [6.45, 7) is 6.25. The predicted molar refractivity (Wildman–Crippen MR) is 98.6 cm³/mol. The molecule has 0 saturated heterocycles. The van der Waals surface area contributed by atoms with Gasteiger partial charge in [0.05, 0.1) is 0 Å². The molecule has 0 spiro atoms. The molecular formula is C19H23Cl2NO. The van der Waals surface area contributed by atoms with Gasteiger partial charge in [0.25, 0.3) is 0 Å². The number of nitrogens with zero attached hydrogens (tertiary/aromatic N) is 1. The molecule has 0 amide bonds. The molecule has 1 aliphatic heterocycles. The van der Waals surface area contributed by atoms with Crippen molar-refractivity contribution in [1.82, 2.24) is 4.90 Å². The molecule has 0 fully saturated rings. The summed E-state index contributed by atoms with van der Waals surface area (Å²) in [6, 6.07) is 12.6. The fourth-order valence-electron chi connectivity index (χ4n) is 3.13. The molecule has 0 bridgehead atoms. The molecule has 1 atom stereocenters. The lowest BCUT2D eigenvalue weighted by Crippen LogP contribution is -2.28. The number of aromatic hydroxyl groups is 1. The van der Waals surface area contributed by atoms with Crippen molar-refractivity contribution in [1.29, 1.82) is 0 Å². The van der Waals surface area contributed by atoms with E-state index >= 15 is 0 Å². The van der Waals surface area contributed by atoms with Crippen LogP contribution >= 0.6 is 24.0 Å². The zero-order valence-electron chi connectivity index (χ0n) is 13.6. The number of aryl methyl sites for hydroxylation is 2. The van der Waals surface area contributed by atoms with Crippen molar-refractivity contribution < 1.29 is 5.11 Å². The van der Waals surface area contributed by atoms with Crippen LogP contribution in [-0.4, -0.2) is 16.0 Å². The Hall–Kier alpha value is -1.22. The third-order valence-corrected chi connectivity index (χ3v) is 4.89. The van der Waals surface area contributed by atoms with E-state index in [-0.39, 0.29) is 12.4 Å². The van der Waals surface area contributed by atoms with Gasteiger partial charge in [0.15, 0.2) is 0 Å².